The van der Waals surface area contributed by atoms with Crippen molar-refractivity contribution in [2.75, 3.05) is 0 Å². The lowest BCUT2D eigenvalue weighted by molar-refractivity contribution is -0.0989. The van der Waals surface area contributed by atoms with Gasteiger partial charge in [0.2, 0.25) is 0 Å². The summed E-state index contributed by atoms with van der Waals surface area (Å²) in [7, 11) is 0. The van der Waals surface area contributed by atoms with Crippen molar-refractivity contribution in [1.82, 2.24) is 14.7 Å². The summed E-state index contributed by atoms with van der Waals surface area (Å²) in [5, 5.41) is 5.23. The molecule has 0 aromatic carbocycles. The Hall–Kier alpha value is 0.600. The Morgan fingerprint density at radius 1 is 0.221 bits per heavy atom. The number of thioether (sulfide) groups is 3. The second-order valence-electron chi connectivity index (χ2n) is 56.8. The van der Waals surface area contributed by atoms with E-state index >= 15 is 0 Å². The molecule has 20 saturated carbocycles. The summed E-state index contributed by atoms with van der Waals surface area (Å²) in [4.78, 5) is 9.28. The van der Waals surface area contributed by atoms with Gasteiger partial charge in [0, 0.05) is 136 Å². The van der Waals surface area contributed by atoms with Gasteiger partial charge in [0.05, 0.1) is 36.6 Å². The summed E-state index contributed by atoms with van der Waals surface area (Å²) in [5.41, 5.74) is 1.00. The third kappa shape index (κ3) is 21.1. The van der Waals surface area contributed by atoms with E-state index in [0.717, 1.165) is 216 Å². The average Bonchev–Trinajstić information content (AvgIpc) is 1.57. The Bertz CT molecular complexity index is 4130. The standard InChI is InChI=1S/C50H85NOS.C42H69NOS.C36H56F3NOS/c1-49(2,3)36-22-14-32(15-23-36)34-18-26-38(27-19-34)51(39-28-20-35(21-29-39)33-16-24-37(25-17-33)50(4,5)6)43-12-9-11-40-41-30-31-45-46(48(41)52-47(40)43)42-10-7-8-13-44(42)53-45;1-3-10-28(11-4-1)30-18-22-32(23-19-30)43(33-24-20-31(21-25-33)29-12-5-2-6-13-29)37-16-9-15-34-35-26-27-39-40(42(35)44-41(34)37)36-14-7-8-17-38(36)45-39;37-22-19-28(38)33(29(39)20-22)21-13-15-24(16-14-21)40(23-7-2-1-3-8-23)30-11-6-10-25-26-17-18-32-34(36(26)41-35(25)30)27-9-4-5-12-31(27)42-32/h32-48H,7-31H2,1-6H3;28-42H,1-27H2;21-36H,1-20H2/i;1D,2D,3D,4D,5D,6D,10D,11D,12D,13D;. The van der Waals surface area contributed by atoms with Crippen LogP contribution in [0.15, 0.2) is 0 Å². The summed E-state index contributed by atoms with van der Waals surface area (Å²) >= 11 is 7.14. The molecule has 26 aliphatic rings. The number of nitrogens with zero attached hydrogens (tertiary/aromatic N) is 3. The lowest BCUT2D eigenvalue weighted by atomic mass is 9.64. The fourth-order valence-electron chi connectivity index (χ4n) is 41.7. The van der Waals surface area contributed by atoms with Crippen LogP contribution in [-0.4, -0.2) is 156 Å². The lowest BCUT2D eigenvalue weighted by Crippen LogP contribution is -2.58. The molecule has 0 bridgehead atoms. The van der Waals surface area contributed by atoms with Gasteiger partial charge in [-0.05, 0) is 437 Å². The molecule has 0 radical (unpaired) electrons. The van der Waals surface area contributed by atoms with Crippen molar-refractivity contribution in [1.29, 1.82) is 0 Å². The van der Waals surface area contributed by atoms with E-state index in [1.807, 2.05) is 0 Å². The highest BCUT2D eigenvalue weighted by Gasteiger charge is 2.66. The van der Waals surface area contributed by atoms with Crippen LogP contribution in [0.5, 0.6) is 0 Å². The SMILES string of the molecule is CC(C)(C)C1CCC(C2CCC(N(C3CCC(C4CCC(C(C)(C)C)CC4)CC3)C3CCCC4C5CCC6SC7CCCCC7C6C5OC43)CC2)CC1.FC1CC(F)C(C2CCC(N(C3CCCCC3)C3CCCC4C5CCC6SC7CCCCC7C6C5OC43)CC2)C(F)C1.[2H]C1C([2H])C([2H])C(C2CCC(N(C3CCC(C4C([2H])C([2H])C([2H])C([2H])C4[2H])CC3)C3CCCC4C5CCC6SC7CCCCC7C6C5OC43)CC2)C([2H])C1[2H]. The quantitative estimate of drug-likeness (QED) is 0.169. The minimum Gasteiger partial charge on any atom is -0.372 e. The molecule has 6 aliphatic heterocycles. The summed E-state index contributed by atoms with van der Waals surface area (Å²) in [6, 6.07) is 5.19. The third-order valence-electron chi connectivity index (χ3n) is 48.4. The molecule has 140 heavy (non-hydrogen) atoms. The zero-order chi connectivity index (χ0) is 103. The van der Waals surface area contributed by atoms with Crippen LogP contribution in [0, 0.1) is 153 Å². The van der Waals surface area contributed by atoms with Crippen LogP contribution in [0.3, 0.4) is 0 Å². The molecule has 6 nitrogen and oxygen atoms in total. The molecule has 26 rings (SSSR count). The monoisotopic (exact) mass is 2000 g/mol. The molecular formula is C128H210F3N3O3S3. The van der Waals surface area contributed by atoms with Crippen LogP contribution in [0.2, 0.25) is 0 Å². The first-order valence-corrected chi connectivity index (χ1v) is 65.8. The second-order valence-corrected chi connectivity index (χ2v) is 61.3. The molecule has 0 N–H and O–H groups in total. The Morgan fingerprint density at radius 2 is 0.479 bits per heavy atom. The van der Waals surface area contributed by atoms with Gasteiger partial charge in [0.1, 0.15) is 18.5 Å². The number of rotatable bonds is 14. The first-order chi connectivity index (χ1) is 72.5. The van der Waals surface area contributed by atoms with E-state index in [-0.39, 0.29) is 48.5 Å². The predicted molar refractivity (Wildman–Crippen MR) is 581 cm³/mol. The molecule has 37 atom stereocenters. The highest BCUT2D eigenvalue weighted by Crippen LogP contribution is 2.67. The van der Waals surface area contributed by atoms with Crippen molar-refractivity contribution in [2.45, 2.75) is 645 Å². The van der Waals surface area contributed by atoms with Crippen molar-refractivity contribution < 1.29 is 41.1 Å². The number of halogens is 3. The number of alkyl halides is 3. The smallest absolute Gasteiger partial charge is 0.109 e. The first-order valence-electron chi connectivity index (χ1n) is 68.7. The molecule has 0 amide bonds. The van der Waals surface area contributed by atoms with Crippen LogP contribution in [0.1, 0.15) is 517 Å². The third-order valence-corrected chi connectivity index (χ3v) is 53.9. The van der Waals surface area contributed by atoms with Gasteiger partial charge in [-0.2, -0.15) is 35.3 Å². The maximum absolute atomic E-state index is 15.0. The first kappa shape index (κ1) is 90.9. The van der Waals surface area contributed by atoms with Gasteiger partial charge in [0.15, 0.2) is 0 Å². The van der Waals surface area contributed by atoms with Gasteiger partial charge < -0.3 is 14.2 Å². The normalized spacial score (nSPS) is 57.8. The maximum atomic E-state index is 15.0. The van der Waals surface area contributed by atoms with Crippen molar-refractivity contribution in [2.24, 2.45) is 153 Å². The van der Waals surface area contributed by atoms with E-state index < -0.39 is 88.4 Å². The molecule has 6 heterocycles. The van der Waals surface area contributed by atoms with Crippen molar-refractivity contribution >= 4 is 35.3 Å². The minimum atomic E-state index is -1.31. The van der Waals surface area contributed by atoms with Crippen LogP contribution in [0.4, 0.5) is 13.2 Å². The minimum absolute atomic E-state index is 0.0805. The number of hydrogen-bond donors (Lipinski definition) is 0. The van der Waals surface area contributed by atoms with Gasteiger partial charge in [0.25, 0.3) is 0 Å². The second kappa shape index (κ2) is 45.2. The van der Waals surface area contributed by atoms with E-state index in [9.17, 15) is 13.2 Å². The molecule has 12 heteroatoms. The van der Waals surface area contributed by atoms with E-state index in [1.165, 1.54) is 302 Å². The van der Waals surface area contributed by atoms with E-state index in [2.05, 4.69) is 91.5 Å². The van der Waals surface area contributed by atoms with Gasteiger partial charge in [-0.3, -0.25) is 14.7 Å². The Morgan fingerprint density at radius 3 is 0.786 bits per heavy atom. The number of fused-ring (bicyclic) bond motifs is 21. The van der Waals surface area contributed by atoms with Gasteiger partial charge >= 0.3 is 0 Å². The summed E-state index contributed by atoms with van der Waals surface area (Å²) in [6.07, 6.45) is 70.1. The van der Waals surface area contributed by atoms with Gasteiger partial charge in [-0.25, -0.2) is 13.2 Å². The van der Waals surface area contributed by atoms with E-state index in [0.29, 0.717) is 101 Å². The van der Waals surface area contributed by atoms with Gasteiger partial charge in [-0.15, -0.1) is 0 Å². The summed E-state index contributed by atoms with van der Waals surface area (Å²) in [6.45, 7) is 15.0. The topological polar surface area (TPSA) is 37.4 Å². The number of ether oxygens (including phenoxy) is 3. The lowest BCUT2D eigenvalue weighted by Gasteiger charge is -2.52. The fraction of sp³-hybridized carbons (Fsp3) is 1.00. The van der Waals surface area contributed by atoms with E-state index in [1.54, 1.807) is 0 Å². The number of hydrogen-bond acceptors (Lipinski definition) is 9. The summed E-state index contributed by atoms with van der Waals surface area (Å²) in [5.74, 6) is 14.8. The Labute approximate surface area is 882 Å². The zero-order valence-corrected chi connectivity index (χ0v) is 91.7. The van der Waals surface area contributed by atoms with Crippen LogP contribution < -0.4 is 0 Å². The molecule has 6 saturated heterocycles. The van der Waals surface area contributed by atoms with Crippen LogP contribution in [0.25, 0.3) is 0 Å². The Balaban J connectivity index is 0.000000121. The van der Waals surface area contributed by atoms with Crippen LogP contribution >= 0.6 is 35.3 Å². The molecule has 20 aliphatic carbocycles. The molecule has 0 aromatic rings. The maximum Gasteiger partial charge on any atom is 0.109 e. The van der Waals surface area contributed by atoms with Crippen molar-refractivity contribution in [3.05, 3.63) is 0 Å². The van der Waals surface area contributed by atoms with Gasteiger partial charge in [-0.1, -0.05) is 183 Å². The summed E-state index contributed by atoms with van der Waals surface area (Å²) < 4.78 is 153. The van der Waals surface area contributed by atoms with Crippen LogP contribution in [-0.2, 0) is 14.2 Å². The molecule has 0 spiro atoms. The van der Waals surface area contributed by atoms with Crippen molar-refractivity contribution in [3.8, 4) is 0 Å². The predicted octanol–water partition coefficient (Wildman–Crippen LogP) is 34.2. The molecule has 794 valence electrons. The molecular weight excluding hydrogens is 1780 g/mol. The van der Waals surface area contributed by atoms with E-state index in [4.69, 9.17) is 27.9 Å². The zero-order valence-electron chi connectivity index (χ0n) is 99.3. The average molecular weight is 2000 g/mol. The molecule has 0 aromatic heterocycles. The fourth-order valence-corrected chi connectivity index (χ4v) is 48.0. The molecule has 37 unspecified atom stereocenters. The highest BCUT2D eigenvalue weighted by molar-refractivity contribution is 8.01. The molecule has 26 fully saturated rings. The Kier molecular flexibility index (Phi) is 29.3. The largest absolute Gasteiger partial charge is 0.372 e. The van der Waals surface area contributed by atoms with Crippen molar-refractivity contribution in [3.63, 3.8) is 0 Å². The highest BCUT2D eigenvalue weighted by atomic mass is 32.2.